The lowest BCUT2D eigenvalue weighted by atomic mass is 10.2. The van der Waals surface area contributed by atoms with Gasteiger partial charge in [0, 0.05) is 5.02 Å². The second kappa shape index (κ2) is 8.28. The molecule has 0 heterocycles. The SMILES string of the molecule is CCCOc1c(Cl)cc(C=NNc2cccc(Cl)c2)cc1Cl. The zero-order chi connectivity index (χ0) is 15.9. The van der Waals surface area contributed by atoms with Crippen LogP contribution in [0.5, 0.6) is 5.75 Å². The molecule has 0 saturated carbocycles. The number of nitrogens with zero attached hydrogens (tertiary/aromatic N) is 1. The van der Waals surface area contributed by atoms with Crippen LogP contribution in [0.15, 0.2) is 41.5 Å². The lowest BCUT2D eigenvalue weighted by Gasteiger charge is -2.09. The van der Waals surface area contributed by atoms with Crippen LogP contribution < -0.4 is 10.2 Å². The van der Waals surface area contributed by atoms with Crippen molar-refractivity contribution in [2.75, 3.05) is 12.0 Å². The smallest absolute Gasteiger partial charge is 0.156 e. The van der Waals surface area contributed by atoms with Crippen LogP contribution in [0.1, 0.15) is 18.9 Å². The van der Waals surface area contributed by atoms with Crippen molar-refractivity contribution < 1.29 is 4.74 Å². The molecule has 0 bridgehead atoms. The van der Waals surface area contributed by atoms with Crippen molar-refractivity contribution >= 4 is 46.7 Å². The Kier molecular flexibility index (Phi) is 6.37. The number of nitrogens with one attached hydrogen (secondary N) is 1. The second-order valence-electron chi connectivity index (χ2n) is 4.54. The zero-order valence-electron chi connectivity index (χ0n) is 11.9. The number of ether oxygens (including phenoxy) is 1. The van der Waals surface area contributed by atoms with E-state index in [1.165, 1.54) is 0 Å². The summed E-state index contributed by atoms with van der Waals surface area (Å²) in [5, 5.41) is 5.70. The van der Waals surface area contributed by atoms with Crippen molar-refractivity contribution in [3.63, 3.8) is 0 Å². The third-order valence-corrected chi connectivity index (χ3v) is 3.50. The number of hydrogen-bond acceptors (Lipinski definition) is 3. The number of rotatable bonds is 6. The maximum absolute atomic E-state index is 6.18. The van der Waals surface area contributed by atoms with E-state index in [1.54, 1.807) is 30.5 Å². The van der Waals surface area contributed by atoms with Crippen LogP contribution in [0.3, 0.4) is 0 Å². The van der Waals surface area contributed by atoms with Gasteiger partial charge >= 0.3 is 0 Å². The van der Waals surface area contributed by atoms with Crippen molar-refractivity contribution in [3.05, 3.63) is 57.0 Å². The maximum atomic E-state index is 6.18. The molecule has 0 radical (unpaired) electrons. The fourth-order valence-corrected chi connectivity index (χ4v) is 2.54. The Bertz CT molecular complexity index is 651. The van der Waals surface area contributed by atoms with Gasteiger partial charge in [0.25, 0.3) is 0 Å². The molecule has 0 aromatic heterocycles. The Hall–Kier alpha value is -1.42. The van der Waals surface area contributed by atoms with Gasteiger partial charge in [-0.2, -0.15) is 5.10 Å². The van der Waals surface area contributed by atoms with Gasteiger partial charge in [-0.05, 0) is 42.3 Å². The standard InChI is InChI=1S/C16H15Cl3N2O/c1-2-6-22-16-14(18)7-11(8-15(16)19)10-20-21-13-5-3-4-12(17)9-13/h3-5,7-10,21H,2,6H2,1H3. The van der Waals surface area contributed by atoms with Gasteiger partial charge < -0.3 is 4.74 Å². The molecule has 0 spiro atoms. The monoisotopic (exact) mass is 356 g/mol. The molecule has 1 N–H and O–H groups in total. The Balaban J connectivity index is 2.08. The Labute approximate surface area is 144 Å². The molecule has 2 aromatic carbocycles. The predicted molar refractivity (Wildman–Crippen MR) is 94.9 cm³/mol. The summed E-state index contributed by atoms with van der Waals surface area (Å²) in [5.41, 5.74) is 4.46. The minimum absolute atomic E-state index is 0.463. The molecule has 0 aliphatic rings. The van der Waals surface area contributed by atoms with Gasteiger partial charge in [-0.3, -0.25) is 5.43 Å². The van der Waals surface area contributed by atoms with Gasteiger partial charge in [-0.15, -0.1) is 0 Å². The highest BCUT2D eigenvalue weighted by Gasteiger charge is 2.08. The van der Waals surface area contributed by atoms with E-state index in [9.17, 15) is 0 Å². The van der Waals surface area contributed by atoms with Crippen molar-refractivity contribution in [1.82, 2.24) is 0 Å². The van der Waals surface area contributed by atoms with E-state index < -0.39 is 0 Å². The van der Waals surface area contributed by atoms with E-state index in [0.717, 1.165) is 17.7 Å². The minimum atomic E-state index is 0.463. The van der Waals surface area contributed by atoms with Crippen molar-refractivity contribution in [3.8, 4) is 5.75 Å². The summed E-state index contributed by atoms with van der Waals surface area (Å²) in [6.07, 6.45) is 2.52. The molecule has 116 valence electrons. The van der Waals surface area contributed by atoms with Crippen LogP contribution in [0.25, 0.3) is 0 Å². The number of hydrazone groups is 1. The number of hydrogen-bond donors (Lipinski definition) is 1. The highest BCUT2D eigenvalue weighted by Crippen LogP contribution is 2.33. The summed E-state index contributed by atoms with van der Waals surface area (Å²) in [6, 6.07) is 10.8. The Morgan fingerprint density at radius 3 is 2.50 bits per heavy atom. The van der Waals surface area contributed by atoms with Crippen LogP contribution in [0.4, 0.5) is 5.69 Å². The summed E-state index contributed by atoms with van der Waals surface area (Å²) in [4.78, 5) is 0. The summed E-state index contributed by atoms with van der Waals surface area (Å²) >= 11 is 18.3. The average molecular weight is 358 g/mol. The highest BCUT2D eigenvalue weighted by molar-refractivity contribution is 6.37. The second-order valence-corrected chi connectivity index (χ2v) is 5.79. The highest BCUT2D eigenvalue weighted by atomic mass is 35.5. The molecule has 0 unspecified atom stereocenters. The quantitative estimate of drug-likeness (QED) is 0.517. The molecule has 22 heavy (non-hydrogen) atoms. The van der Waals surface area contributed by atoms with E-state index >= 15 is 0 Å². The van der Waals surface area contributed by atoms with Crippen molar-refractivity contribution in [1.29, 1.82) is 0 Å². The van der Waals surface area contributed by atoms with E-state index in [4.69, 9.17) is 39.5 Å². The van der Waals surface area contributed by atoms with Gasteiger partial charge in [-0.25, -0.2) is 0 Å². The Morgan fingerprint density at radius 1 is 1.14 bits per heavy atom. The van der Waals surface area contributed by atoms with Gasteiger partial charge in [0.15, 0.2) is 5.75 Å². The molecule has 2 aromatic rings. The fourth-order valence-electron chi connectivity index (χ4n) is 1.74. The van der Waals surface area contributed by atoms with E-state index in [2.05, 4.69) is 10.5 Å². The summed E-state index contributed by atoms with van der Waals surface area (Å²) < 4.78 is 5.52. The molecule has 0 fully saturated rings. The van der Waals surface area contributed by atoms with E-state index in [1.807, 2.05) is 19.1 Å². The lowest BCUT2D eigenvalue weighted by molar-refractivity contribution is 0.318. The molecular formula is C16H15Cl3N2O. The predicted octanol–water partition coefficient (Wildman–Crippen LogP) is 5.88. The maximum Gasteiger partial charge on any atom is 0.156 e. The molecule has 0 atom stereocenters. The first-order valence-electron chi connectivity index (χ1n) is 6.76. The van der Waals surface area contributed by atoms with Crippen LogP contribution in [-0.2, 0) is 0 Å². The van der Waals surface area contributed by atoms with Crippen LogP contribution in [0.2, 0.25) is 15.1 Å². The minimum Gasteiger partial charge on any atom is -0.490 e. The van der Waals surface area contributed by atoms with Crippen molar-refractivity contribution in [2.24, 2.45) is 5.10 Å². The number of benzene rings is 2. The van der Waals surface area contributed by atoms with E-state index in [-0.39, 0.29) is 0 Å². The summed E-state index contributed by atoms with van der Waals surface area (Å²) in [5.74, 6) is 0.505. The summed E-state index contributed by atoms with van der Waals surface area (Å²) in [6.45, 7) is 2.59. The van der Waals surface area contributed by atoms with Gasteiger partial charge in [0.05, 0.1) is 28.6 Å². The average Bonchev–Trinajstić information content (AvgIpc) is 2.46. The molecule has 3 nitrogen and oxygen atoms in total. The number of halogens is 3. The molecule has 2 rings (SSSR count). The molecule has 0 amide bonds. The lowest BCUT2D eigenvalue weighted by Crippen LogP contribution is -1.97. The molecule has 0 aliphatic heterocycles. The fraction of sp³-hybridized carbons (Fsp3) is 0.188. The van der Waals surface area contributed by atoms with E-state index in [0.29, 0.717) is 27.4 Å². The first-order chi connectivity index (χ1) is 10.6. The zero-order valence-corrected chi connectivity index (χ0v) is 14.2. The van der Waals surface area contributed by atoms with Gasteiger partial charge in [0.1, 0.15) is 0 Å². The van der Waals surface area contributed by atoms with Crippen LogP contribution in [0, 0.1) is 0 Å². The third-order valence-electron chi connectivity index (χ3n) is 2.70. The first kappa shape index (κ1) is 16.9. The number of anilines is 1. The Morgan fingerprint density at radius 2 is 1.86 bits per heavy atom. The molecule has 0 aliphatic carbocycles. The largest absolute Gasteiger partial charge is 0.490 e. The molecule has 0 saturated heterocycles. The first-order valence-corrected chi connectivity index (χ1v) is 7.90. The van der Waals surface area contributed by atoms with Gasteiger partial charge in [0.2, 0.25) is 0 Å². The topological polar surface area (TPSA) is 33.6 Å². The summed E-state index contributed by atoms with van der Waals surface area (Å²) in [7, 11) is 0. The van der Waals surface area contributed by atoms with Crippen molar-refractivity contribution in [2.45, 2.75) is 13.3 Å². The van der Waals surface area contributed by atoms with Gasteiger partial charge in [-0.1, -0.05) is 47.8 Å². The molecular weight excluding hydrogens is 343 g/mol. The van der Waals surface area contributed by atoms with Crippen LogP contribution in [-0.4, -0.2) is 12.8 Å². The molecule has 6 heteroatoms. The van der Waals surface area contributed by atoms with Crippen LogP contribution >= 0.6 is 34.8 Å². The third kappa shape index (κ3) is 4.80. The normalized spacial score (nSPS) is 10.9.